The van der Waals surface area contributed by atoms with Crippen LogP contribution in [0.5, 0.6) is 0 Å². The number of benzene rings is 3. The molecule has 10 heteroatoms. The third-order valence-corrected chi connectivity index (χ3v) is 12.9. The van der Waals surface area contributed by atoms with Gasteiger partial charge >= 0.3 is 0 Å². The molecular formula is C43H52N6O4. The highest BCUT2D eigenvalue weighted by molar-refractivity contribution is 6.04. The molecule has 0 aromatic heterocycles. The summed E-state index contributed by atoms with van der Waals surface area (Å²) in [6, 6.07) is 18.9. The van der Waals surface area contributed by atoms with Gasteiger partial charge in [0.05, 0.1) is 0 Å². The lowest BCUT2D eigenvalue weighted by Gasteiger charge is -2.40. The molecule has 3 aromatic carbocycles. The minimum Gasteiger partial charge on any atom is -0.371 e. The number of hydrogen-bond donors (Lipinski definition) is 2. The highest BCUT2D eigenvalue weighted by Crippen LogP contribution is 2.43. The number of likely N-dealkylation sites (tertiary alicyclic amines) is 1. The lowest BCUT2D eigenvalue weighted by molar-refractivity contribution is -0.134. The standard InChI is InChI=1S/C43H52N6O4/c1-28-4-7-36(23-29(28)2)48-21-16-43(27-48)14-19-46(20-15-43)34-8-5-31(6-9-34)42(53)47-17-12-35(13-18-47)49-25-32-22-30(3)37(24-33(32)26-49)40(51)44-38-10-11-39(50)45-41(38)52/h4-9,22-24,35,38H,10-21,25-27H2,1-3H3,(H,44,51)(H,45,50,52). The first kappa shape index (κ1) is 35.3. The van der Waals surface area contributed by atoms with Crippen LogP contribution in [0.15, 0.2) is 54.6 Å². The summed E-state index contributed by atoms with van der Waals surface area (Å²) in [7, 11) is 0. The largest absolute Gasteiger partial charge is 0.371 e. The number of piperidine rings is 3. The molecule has 1 atom stereocenters. The molecule has 1 unspecified atom stereocenters. The molecule has 0 saturated carbocycles. The lowest BCUT2D eigenvalue weighted by atomic mass is 9.77. The third-order valence-electron chi connectivity index (χ3n) is 12.9. The molecule has 8 rings (SSSR count). The zero-order valence-electron chi connectivity index (χ0n) is 31.4. The van der Waals surface area contributed by atoms with Crippen LogP contribution in [0.2, 0.25) is 0 Å². The summed E-state index contributed by atoms with van der Waals surface area (Å²) in [6.07, 6.45) is 6.02. The Morgan fingerprint density at radius 3 is 2.08 bits per heavy atom. The van der Waals surface area contributed by atoms with Crippen LogP contribution in [0.25, 0.3) is 0 Å². The fraction of sp³-hybridized carbons (Fsp3) is 0.488. The highest BCUT2D eigenvalue weighted by Gasteiger charge is 2.41. The molecule has 10 nitrogen and oxygen atoms in total. The van der Waals surface area contributed by atoms with Crippen LogP contribution >= 0.6 is 0 Å². The molecule has 3 aromatic rings. The predicted molar refractivity (Wildman–Crippen MR) is 206 cm³/mol. The zero-order valence-corrected chi connectivity index (χ0v) is 31.4. The Morgan fingerprint density at radius 1 is 0.736 bits per heavy atom. The fourth-order valence-electron chi connectivity index (χ4n) is 9.33. The van der Waals surface area contributed by atoms with E-state index >= 15 is 0 Å². The van der Waals surface area contributed by atoms with Crippen molar-refractivity contribution in [2.75, 3.05) is 49.1 Å². The van der Waals surface area contributed by atoms with Gasteiger partial charge in [0.15, 0.2) is 0 Å². The number of amides is 4. The maximum atomic E-state index is 13.6. The molecule has 5 aliphatic heterocycles. The van der Waals surface area contributed by atoms with Crippen LogP contribution in [0.3, 0.4) is 0 Å². The van der Waals surface area contributed by atoms with Crippen LogP contribution in [-0.4, -0.2) is 84.8 Å². The van der Waals surface area contributed by atoms with E-state index in [2.05, 4.69) is 75.6 Å². The van der Waals surface area contributed by atoms with Gasteiger partial charge in [-0.2, -0.15) is 0 Å². The van der Waals surface area contributed by atoms with Crippen molar-refractivity contribution >= 4 is 35.0 Å². The van der Waals surface area contributed by atoms with Crippen LogP contribution < -0.4 is 20.4 Å². The molecule has 1 spiro atoms. The molecule has 2 N–H and O–H groups in total. The van der Waals surface area contributed by atoms with E-state index in [0.29, 0.717) is 23.4 Å². The van der Waals surface area contributed by atoms with Gasteiger partial charge in [-0.3, -0.25) is 29.4 Å². The van der Waals surface area contributed by atoms with Gasteiger partial charge in [0.1, 0.15) is 6.04 Å². The Labute approximate surface area is 312 Å². The molecule has 5 aliphatic rings. The second-order valence-corrected chi connectivity index (χ2v) is 16.3. The van der Waals surface area contributed by atoms with Crippen molar-refractivity contribution < 1.29 is 19.2 Å². The van der Waals surface area contributed by atoms with E-state index < -0.39 is 11.9 Å². The van der Waals surface area contributed by atoms with Crippen molar-refractivity contribution in [3.63, 3.8) is 0 Å². The highest BCUT2D eigenvalue weighted by atomic mass is 16.2. The Hall–Kier alpha value is -4.70. The average molecular weight is 717 g/mol. The number of anilines is 2. The van der Waals surface area contributed by atoms with Crippen LogP contribution in [0.4, 0.5) is 11.4 Å². The number of aryl methyl sites for hydroxylation is 3. The molecule has 53 heavy (non-hydrogen) atoms. The first-order chi connectivity index (χ1) is 25.5. The molecule has 278 valence electrons. The molecular weight excluding hydrogens is 665 g/mol. The molecule has 0 radical (unpaired) electrons. The second-order valence-electron chi connectivity index (χ2n) is 16.3. The number of nitrogens with one attached hydrogen (secondary N) is 2. The van der Waals surface area contributed by atoms with E-state index in [1.165, 1.54) is 47.3 Å². The van der Waals surface area contributed by atoms with Crippen molar-refractivity contribution in [1.82, 2.24) is 20.4 Å². The van der Waals surface area contributed by atoms with Crippen molar-refractivity contribution in [3.8, 4) is 0 Å². The number of carbonyl (C=O) groups excluding carboxylic acids is 4. The maximum absolute atomic E-state index is 13.6. The number of fused-ring (bicyclic) bond motifs is 1. The smallest absolute Gasteiger partial charge is 0.253 e. The van der Waals surface area contributed by atoms with Crippen LogP contribution in [0, 0.1) is 26.2 Å². The SMILES string of the molecule is Cc1ccc(N2CCC3(CCN(c4ccc(C(=O)N5CCC(N6Cc7cc(C)c(C(=O)NC8CCC(=O)NC8=O)cc7C6)CC5)cc4)CC3)C2)cc1C. The van der Waals surface area contributed by atoms with E-state index in [-0.39, 0.29) is 24.1 Å². The normalized spacial score (nSPS) is 21.9. The predicted octanol–water partition coefficient (Wildman–Crippen LogP) is 5.26. The van der Waals surface area contributed by atoms with Gasteiger partial charge in [-0.15, -0.1) is 0 Å². The summed E-state index contributed by atoms with van der Waals surface area (Å²) in [5, 5.41) is 5.13. The van der Waals surface area contributed by atoms with Crippen LogP contribution in [0.1, 0.15) is 93.5 Å². The fourth-order valence-corrected chi connectivity index (χ4v) is 9.33. The average Bonchev–Trinajstić information content (AvgIpc) is 3.78. The summed E-state index contributed by atoms with van der Waals surface area (Å²) in [4.78, 5) is 60.0. The van der Waals surface area contributed by atoms with Gasteiger partial charge in [-0.25, -0.2) is 0 Å². The minimum atomic E-state index is -0.698. The zero-order chi connectivity index (χ0) is 36.9. The van der Waals surface area contributed by atoms with Crippen LogP contribution in [-0.2, 0) is 22.7 Å². The van der Waals surface area contributed by atoms with E-state index in [1.54, 1.807) is 0 Å². The summed E-state index contributed by atoms with van der Waals surface area (Å²) in [6.45, 7) is 13.7. The van der Waals surface area contributed by atoms with Crippen molar-refractivity contribution in [1.29, 1.82) is 0 Å². The minimum absolute atomic E-state index is 0.108. The summed E-state index contributed by atoms with van der Waals surface area (Å²) < 4.78 is 0. The van der Waals surface area contributed by atoms with Gasteiger partial charge in [-0.1, -0.05) is 12.1 Å². The van der Waals surface area contributed by atoms with Crippen molar-refractivity contribution in [2.24, 2.45) is 5.41 Å². The monoisotopic (exact) mass is 716 g/mol. The van der Waals surface area contributed by atoms with E-state index in [0.717, 1.165) is 81.9 Å². The topological polar surface area (TPSA) is 105 Å². The quantitative estimate of drug-likeness (QED) is 0.336. The molecule has 5 heterocycles. The number of carbonyl (C=O) groups is 4. The molecule has 4 amide bonds. The summed E-state index contributed by atoms with van der Waals surface area (Å²) >= 11 is 0. The van der Waals surface area contributed by atoms with E-state index in [9.17, 15) is 19.2 Å². The van der Waals surface area contributed by atoms with Crippen molar-refractivity contribution in [2.45, 2.75) is 90.9 Å². The Kier molecular flexibility index (Phi) is 9.51. The molecule has 4 saturated heterocycles. The molecule has 0 bridgehead atoms. The number of hydrogen-bond acceptors (Lipinski definition) is 7. The Bertz CT molecular complexity index is 1930. The first-order valence-corrected chi connectivity index (χ1v) is 19.5. The molecule has 4 fully saturated rings. The third kappa shape index (κ3) is 7.18. The Morgan fingerprint density at radius 2 is 1.40 bits per heavy atom. The summed E-state index contributed by atoms with van der Waals surface area (Å²) in [5.74, 6) is -0.924. The summed E-state index contributed by atoms with van der Waals surface area (Å²) in [5.41, 5.74) is 10.2. The Balaban J connectivity index is 0.810. The van der Waals surface area contributed by atoms with Gasteiger partial charge < -0.3 is 20.0 Å². The van der Waals surface area contributed by atoms with Crippen molar-refractivity contribution in [3.05, 3.63) is 93.5 Å². The van der Waals surface area contributed by atoms with Gasteiger partial charge in [0.2, 0.25) is 11.8 Å². The first-order valence-electron chi connectivity index (χ1n) is 19.5. The maximum Gasteiger partial charge on any atom is 0.253 e. The number of nitrogens with zero attached hydrogens (tertiary/aromatic N) is 4. The number of imide groups is 1. The second kappa shape index (κ2) is 14.3. The van der Waals surface area contributed by atoms with E-state index in [1.807, 2.05) is 30.0 Å². The molecule has 0 aliphatic carbocycles. The van der Waals surface area contributed by atoms with Gasteiger partial charge in [0.25, 0.3) is 11.8 Å². The van der Waals surface area contributed by atoms with E-state index in [4.69, 9.17) is 0 Å². The lowest BCUT2D eigenvalue weighted by Crippen LogP contribution is -2.52. The number of rotatable bonds is 6. The van der Waals surface area contributed by atoms with Gasteiger partial charge in [0, 0.05) is 87.3 Å². The van der Waals surface area contributed by atoms with Gasteiger partial charge in [-0.05, 0) is 135 Å².